The fraction of sp³-hybridized carbons (Fsp3) is 0.500. The second-order valence-electron chi connectivity index (χ2n) is 4.79. The largest absolute Gasteiger partial charge is 0.376 e. The molecule has 0 radical (unpaired) electrons. The highest BCUT2D eigenvalue weighted by molar-refractivity contribution is 5.99. The van der Waals surface area contributed by atoms with Gasteiger partial charge in [0, 0.05) is 19.7 Å². The molecular weight excluding hydrogens is 261 g/mol. The van der Waals surface area contributed by atoms with Crippen molar-refractivity contribution in [2.45, 2.75) is 25.9 Å². The number of carbonyl (C=O) groups is 1. The minimum Gasteiger partial charge on any atom is -0.376 e. The second-order valence-corrected chi connectivity index (χ2v) is 4.79. The molecule has 1 aromatic rings. The molecule has 0 saturated carbocycles. The zero-order chi connectivity index (χ0) is 14.5. The van der Waals surface area contributed by atoms with Gasteiger partial charge in [-0.3, -0.25) is 10.6 Å². The first-order valence-corrected chi connectivity index (χ1v) is 6.83. The molecule has 0 aliphatic carbocycles. The maximum atomic E-state index is 13.6. The van der Waals surface area contributed by atoms with Gasteiger partial charge in [-0.05, 0) is 31.9 Å². The van der Waals surface area contributed by atoms with Crippen LogP contribution in [0.5, 0.6) is 0 Å². The summed E-state index contributed by atoms with van der Waals surface area (Å²) in [6.07, 6.45) is 2.04. The Bertz CT molecular complexity index is 475. The first-order chi connectivity index (χ1) is 9.67. The molecule has 3 N–H and O–H groups in total. The van der Waals surface area contributed by atoms with Crippen LogP contribution in [-0.2, 0) is 4.74 Å². The maximum absolute atomic E-state index is 13.6. The third-order valence-electron chi connectivity index (χ3n) is 3.51. The topological polar surface area (TPSA) is 67.6 Å². The average molecular weight is 281 g/mol. The van der Waals surface area contributed by atoms with E-state index in [2.05, 4.69) is 5.43 Å². The number of hydrogen-bond acceptors (Lipinski definition) is 4. The predicted octanol–water partition coefficient (Wildman–Crippen LogP) is 1.75. The van der Waals surface area contributed by atoms with Crippen molar-refractivity contribution in [2.24, 2.45) is 5.84 Å². The van der Waals surface area contributed by atoms with E-state index in [-0.39, 0.29) is 23.3 Å². The van der Waals surface area contributed by atoms with Crippen molar-refractivity contribution in [1.29, 1.82) is 0 Å². The van der Waals surface area contributed by atoms with Crippen LogP contribution < -0.4 is 11.3 Å². The minimum absolute atomic E-state index is 0.0308. The van der Waals surface area contributed by atoms with Gasteiger partial charge in [0.2, 0.25) is 0 Å². The van der Waals surface area contributed by atoms with Crippen LogP contribution in [0.3, 0.4) is 0 Å². The lowest BCUT2D eigenvalue weighted by Gasteiger charge is -2.25. The van der Waals surface area contributed by atoms with Crippen LogP contribution in [0.25, 0.3) is 0 Å². The Kier molecular flexibility index (Phi) is 4.92. The molecule has 2 rings (SSSR count). The SMILES string of the molecule is CCN(CC1CCCO1)C(=O)c1cccc(F)c1NN. The molecule has 1 amide bonds. The van der Waals surface area contributed by atoms with E-state index in [9.17, 15) is 9.18 Å². The van der Waals surface area contributed by atoms with Crippen LogP contribution in [0.4, 0.5) is 10.1 Å². The van der Waals surface area contributed by atoms with Crippen LogP contribution in [0, 0.1) is 5.82 Å². The third-order valence-corrected chi connectivity index (χ3v) is 3.51. The van der Waals surface area contributed by atoms with Crippen LogP contribution in [-0.4, -0.2) is 36.6 Å². The van der Waals surface area contributed by atoms with Crippen molar-refractivity contribution in [3.8, 4) is 0 Å². The summed E-state index contributed by atoms with van der Waals surface area (Å²) in [7, 11) is 0. The van der Waals surface area contributed by atoms with Gasteiger partial charge in [0.25, 0.3) is 5.91 Å². The first kappa shape index (κ1) is 14.7. The molecule has 1 unspecified atom stereocenters. The number of amides is 1. The molecule has 0 bridgehead atoms. The number of carbonyl (C=O) groups excluding carboxylic acids is 1. The Morgan fingerprint density at radius 3 is 3.00 bits per heavy atom. The van der Waals surface area contributed by atoms with Crippen LogP contribution >= 0.6 is 0 Å². The number of halogens is 1. The number of nitrogens with two attached hydrogens (primary N) is 1. The second kappa shape index (κ2) is 6.67. The summed E-state index contributed by atoms with van der Waals surface area (Å²) >= 11 is 0. The standard InChI is InChI=1S/C14H20FN3O2/c1-2-18(9-10-5-4-8-20-10)14(19)11-6-3-7-12(15)13(11)17-16/h3,6-7,10,17H,2,4-5,8-9,16H2,1H3. The Balaban J connectivity index is 2.17. The molecular formula is C14H20FN3O2. The van der Waals surface area contributed by atoms with E-state index in [0.29, 0.717) is 13.1 Å². The van der Waals surface area contributed by atoms with Crippen molar-refractivity contribution >= 4 is 11.6 Å². The van der Waals surface area contributed by atoms with Gasteiger partial charge < -0.3 is 15.1 Å². The van der Waals surface area contributed by atoms with Crippen molar-refractivity contribution < 1.29 is 13.9 Å². The summed E-state index contributed by atoms with van der Waals surface area (Å²) in [4.78, 5) is 14.2. The zero-order valence-electron chi connectivity index (χ0n) is 11.6. The average Bonchev–Trinajstić information content (AvgIpc) is 2.96. The van der Waals surface area contributed by atoms with E-state index in [4.69, 9.17) is 10.6 Å². The number of nitrogens with zero attached hydrogens (tertiary/aromatic N) is 1. The molecule has 1 atom stereocenters. The molecule has 1 saturated heterocycles. The number of anilines is 1. The van der Waals surface area contributed by atoms with E-state index in [1.54, 1.807) is 11.0 Å². The monoisotopic (exact) mass is 281 g/mol. The molecule has 1 aromatic carbocycles. The van der Waals surface area contributed by atoms with Crippen molar-refractivity contribution in [2.75, 3.05) is 25.1 Å². The first-order valence-electron chi connectivity index (χ1n) is 6.83. The van der Waals surface area contributed by atoms with Crippen LogP contribution in [0.1, 0.15) is 30.1 Å². The molecule has 1 aliphatic rings. The molecule has 1 fully saturated rings. The lowest BCUT2D eigenvalue weighted by molar-refractivity contribution is 0.0539. The Hall–Kier alpha value is -1.66. The van der Waals surface area contributed by atoms with Gasteiger partial charge in [-0.25, -0.2) is 4.39 Å². The summed E-state index contributed by atoms with van der Waals surface area (Å²) in [5.74, 6) is 4.53. The number of rotatable bonds is 5. The van der Waals surface area contributed by atoms with Gasteiger partial charge in [0.1, 0.15) is 5.82 Å². The van der Waals surface area contributed by atoms with E-state index in [0.717, 1.165) is 19.4 Å². The molecule has 110 valence electrons. The number of nitrogens with one attached hydrogen (secondary N) is 1. The molecule has 1 aliphatic heterocycles. The summed E-state index contributed by atoms with van der Waals surface area (Å²) in [5.41, 5.74) is 2.54. The lowest BCUT2D eigenvalue weighted by atomic mass is 10.1. The number of para-hydroxylation sites is 1. The lowest BCUT2D eigenvalue weighted by Crippen LogP contribution is -2.37. The van der Waals surface area contributed by atoms with Gasteiger partial charge in [-0.2, -0.15) is 0 Å². The Labute approximate surface area is 117 Å². The normalized spacial score (nSPS) is 18.1. The van der Waals surface area contributed by atoms with Crippen molar-refractivity contribution in [1.82, 2.24) is 4.90 Å². The summed E-state index contributed by atoms with van der Waals surface area (Å²) in [6, 6.07) is 4.34. The summed E-state index contributed by atoms with van der Waals surface area (Å²) < 4.78 is 19.2. The quantitative estimate of drug-likeness (QED) is 0.637. The highest BCUT2D eigenvalue weighted by Gasteiger charge is 2.24. The van der Waals surface area contributed by atoms with E-state index in [1.807, 2.05) is 6.92 Å². The summed E-state index contributed by atoms with van der Waals surface area (Å²) in [5, 5.41) is 0. The van der Waals surface area contributed by atoms with Gasteiger partial charge >= 0.3 is 0 Å². The number of nitrogen functional groups attached to an aromatic ring is 1. The third kappa shape index (κ3) is 3.08. The fourth-order valence-electron chi connectivity index (χ4n) is 2.41. The number of benzene rings is 1. The minimum atomic E-state index is -0.536. The van der Waals surface area contributed by atoms with Crippen LogP contribution in [0.2, 0.25) is 0 Å². The Morgan fingerprint density at radius 1 is 1.60 bits per heavy atom. The summed E-state index contributed by atoms with van der Waals surface area (Å²) in [6.45, 7) is 3.70. The maximum Gasteiger partial charge on any atom is 0.256 e. The van der Waals surface area contributed by atoms with Gasteiger partial charge in [-0.15, -0.1) is 0 Å². The van der Waals surface area contributed by atoms with Gasteiger partial charge in [0.15, 0.2) is 0 Å². The molecule has 5 nitrogen and oxygen atoms in total. The molecule has 6 heteroatoms. The highest BCUT2D eigenvalue weighted by Crippen LogP contribution is 2.21. The fourth-order valence-corrected chi connectivity index (χ4v) is 2.41. The predicted molar refractivity (Wildman–Crippen MR) is 74.8 cm³/mol. The molecule has 1 heterocycles. The van der Waals surface area contributed by atoms with Crippen molar-refractivity contribution in [3.63, 3.8) is 0 Å². The number of likely N-dealkylation sites (N-methyl/N-ethyl adjacent to an activating group) is 1. The van der Waals surface area contributed by atoms with E-state index in [1.165, 1.54) is 12.1 Å². The molecule has 0 aromatic heterocycles. The highest BCUT2D eigenvalue weighted by atomic mass is 19.1. The number of hydrazine groups is 1. The number of ether oxygens (including phenoxy) is 1. The van der Waals surface area contributed by atoms with Gasteiger partial charge in [-0.1, -0.05) is 6.07 Å². The van der Waals surface area contributed by atoms with Crippen LogP contribution in [0.15, 0.2) is 18.2 Å². The van der Waals surface area contributed by atoms with E-state index < -0.39 is 5.82 Å². The molecule has 20 heavy (non-hydrogen) atoms. The Morgan fingerprint density at radius 2 is 2.40 bits per heavy atom. The smallest absolute Gasteiger partial charge is 0.256 e. The zero-order valence-corrected chi connectivity index (χ0v) is 11.6. The van der Waals surface area contributed by atoms with Gasteiger partial charge in [0.05, 0.1) is 17.4 Å². The number of hydrogen-bond donors (Lipinski definition) is 2. The molecule has 0 spiro atoms. The van der Waals surface area contributed by atoms with Crippen molar-refractivity contribution in [3.05, 3.63) is 29.6 Å². The van der Waals surface area contributed by atoms with E-state index >= 15 is 0 Å².